The molecular weight excluding hydrogens is 252 g/mol. The fourth-order valence-electron chi connectivity index (χ4n) is 2.12. The Hall–Kier alpha value is -1.96. The zero-order chi connectivity index (χ0) is 14.2. The van der Waals surface area contributed by atoms with Crippen molar-refractivity contribution >= 4 is 11.6 Å². The third kappa shape index (κ3) is 2.43. The average molecular weight is 268 g/mol. The zero-order valence-electron chi connectivity index (χ0n) is 10.8. The van der Waals surface area contributed by atoms with Gasteiger partial charge in [0.15, 0.2) is 0 Å². The lowest BCUT2D eigenvalue weighted by atomic mass is 10.0. The summed E-state index contributed by atoms with van der Waals surface area (Å²) in [6.45, 7) is 4.09. The molecule has 1 aliphatic rings. The molecule has 8 nitrogen and oxygen atoms in total. The zero-order valence-corrected chi connectivity index (χ0v) is 10.8. The normalized spacial score (nSPS) is 19.7. The lowest BCUT2D eigenvalue weighted by molar-refractivity contribution is -0.385. The maximum atomic E-state index is 12.4. The van der Waals surface area contributed by atoms with Crippen LogP contribution in [0.25, 0.3) is 0 Å². The summed E-state index contributed by atoms with van der Waals surface area (Å²) in [5, 5.41) is 24.0. The highest BCUT2D eigenvalue weighted by Crippen LogP contribution is 2.23. The van der Waals surface area contributed by atoms with E-state index in [1.807, 2.05) is 0 Å². The number of likely N-dealkylation sites (tertiary alicyclic amines) is 1. The van der Waals surface area contributed by atoms with E-state index in [4.69, 9.17) is 0 Å². The molecule has 0 saturated carbocycles. The number of amides is 1. The first kappa shape index (κ1) is 13.5. The number of aliphatic hydroxyl groups is 1. The number of rotatable bonds is 3. The highest BCUT2D eigenvalue weighted by Gasteiger charge is 2.38. The van der Waals surface area contributed by atoms with Gasteiger partial charge in [-0.1, -0.05) is 0 Å². The Balaban J connectivity index is 2.20. The largest absolute Gasteiger partial charge is 0.391 e. The van der Waals surface area contributed by atoms with Gasteiger partial charge in [-0.15, -0.1) is 0 Å². The van der Waals surface area contributed by atoms with Crippen LogP contribution in [0.2, 0.25) is 0 Å². The number of nitro groups is 1. The summed E-state index contributed by atoms with van der Waals surface area (Å²) < 4.78 is 1.29. The van der Waals surface area contributed by atoms with Gasteiger partial charge in [-0.25, -0.2) is 0 Å². The maximum Gasteiger partial charge on any atom is 0.307 e. The first-order chi connectivity index (χ1) is 8.82. The van der Waals surface area contributed by atoms with E-state index in [1.54, 1.807) is 18.7 Å². The molecular formula is C11H16N4O4. The van der Waals surface area contributed by atoms with Crippen LogP contribution in [0.1, 0.15) is 20.3 Å². The highest BCUT2D eigenvalue weighted by molar-refractivity contribution is 5.84. The molecule has 1 aromatic rings. The molecule has 2 rings (SSSR count). The Morgan fingerprint density at radius 1 is 1.63 bits per heavy atom. The van der Waals surface area contributed by atoms with Crippen LogP contribution in [-0.2, 0) is 10.3 Å². The van der Waals surface area contributed by atoms with E-state index in [-0.39, 0.29) is 11.6 Å². The SMILES string of the molecule is CC(C)(C(=O)N1CC[C@@H](O)C1)n1cc([N+](=O)[O-])cn1. The summed E-state index contributed by atoms with van der Waals surface area (Å²) in [5.41, 5.74) is -1.17. The van der Waals surface area contributed by atoms with E-state index in [0.717, 1.165) is 6.20 Å². The molecule has 104 valence electrons. The molecule has 0 radical (unpaired) electrons. The highest BCUT2D eigenvalue weighted by atomic mass is 16.6. The molecule has 1 aliphatic heterocycles. The first-order valence-corrected chi connectivity index (χ1v) is 5.99. The summed E-state index contributed by atoms with van der Waals surface area (Å²) in [4.78, 5) is 24.0. The molecule has 0 unspecified atom stereocenters. The third-order valence-electron chi connectivity index (χ3n) is 3.33. The van der Waals surface area contributed by atoms with Gasteiger partial charge < -0.3 is 10.0 Å². The fraction of sp³-hybridized carbons (Fsp3) is 0.636. The molecule has 1 fully saturated rings. The van der Waals surface area contributed by atoms with Crippen LogP contribution >= 0.6 is 0 Å². The van der Waals surface area contributed by atoms with E-state index >= 15 is 0 Å². The molecule has 2 heterocycles. The predicted octanol–water partition coefficient (Wildman–Crippen LogP) is 0.120. The van der Waals surface area contributed by atoms with Crippen LogP contribution in [0.4, 0.5) is 5.69 Å². The van der Waals surface area contributed by atoms with Crippen molar-refractivity contribution in [2.24, 2.45) is 0 Å². The lowest BCUT2D eigenvalue weighted by Crippen LogP contribution is -2.46. The molecule has 1 atom stereocenters. The van der Waals surface area contributed by atoms with Gasteiger partial charge in [0.25, 0.3) is 0 Å². The Kier molecular flexibility index (Phi) is 3.27. The Morgan fingerprint density at radius 3 is 2.79 bits per heavy atom. The smallest absolute Gasteiger partial charge is 0.307 e. The molecule has 1 N–H and O–H groups in total. The number of carbonyl (C=O) groups is 1. The monoisotopic (exact) mass is 268 g/mol. The second-order valence-corrected chi connectivity index (χ2v) is 5.15. The number of β-amino-alcohol motifs (C(OH)–C–C–N with tert-alkyl or cyclic N) is 1. The average Bonchev–Trinajstić information content (AvgIpc) is 2.96. The summed E-state index contributed by atoms with van der Waals surface area (Å²) >= 11 is 0. The van der Waals surface area contributed by atoms with E-state index < -0.39 is 16.6 Å². The van der Waals surface area contributed by atoms with Gasteiger partial charge in [0.1, 0.15) is 17.9 Å². The van der Waals surface area contributed by atoms with Crippen molar-refractivity contribution in [1.29, 1.82) is 0 Å². The Bertz CT molecular complexity index is 511. The van der Waals surface area contributed by atoms with Crippen molar-refractivity contribution in [3.63, 3.8) is 0 Å². The van der Waals surface area contributed by atoms with E-state index in [0.29, 0.717) is 19.5 Å². The van der Waals surface area contributed by atoms with Crippen molar-refractivity contribution < 1.29 is 14.8 Å². The Morgan fingerprint density at radius 2 is 2.32 bits per heavy atom. The van der Waals surface area contributed by atoms with E-state index in [1.165, 1.54) is 10.9 Å². The molecule has 0 spiro atoms. The van der Waals surface area contributed by atoms with Crippen LogP contribution in [-0.4, -0.2) is 49.8 Å². The third-order valence-corrected chi connectivity index (χ3v) is 3.33. The van der Waals surface area contributed by atoms with E-state index in [2.05, 4.69) is 5.10 Å². The van der Waals surface area contributed by atoms with Gasteiger partial charge in [0.2, 0.25) is 5.91 Å². The minimum Gasteiger partial charge on any atom is -0.391 e. The topological polar surface area (TPSA) is 102 Å². The minimum atomic E-state index is -1.02. The van der Waals surface area contributed by atoms with Gasteiger partial charge >= 0.3 is 5.69 Å². The van der Waals surface area contributed by atoms with Gasteiger partial charge in [-0.3, -0.25) is 19.6 Å². The molecule has 1 amide bonds. The van der Waals surface area contributed by atoms with E-state index in [9.17, 15) is 20.0 Å². The van der Waals surface area contributed by atoms with Crippen molar-refractivity contribution in [1.82, 2.24) is 14.7 Å². The molecule has 0 aromatic carbocycles. The maximum absolute atomic E-state index is 12.4. The van der Waals surface area contributed by atoms with Gasteiger partial charge in [-0.05, 0) is 20.3 Å². The quantitative estimate of drug-likeness (QED) is 0.619. The standard InChI is InChI=1S/C11H16N4O4/c1-11(2,10(17)13-4-3-9(16)7-13)14-6-8(5-12-14)15(18)19/h5-6,9,16H,3-4,7H2,1-2H3/t9-/m1/s1. The van der Waals surface area contributed by atoms with Crippen molar-refractivity contribution in [3.05, 3.63) is 22.5 Å². The summed E-state index contributed by atoms with van der Waals surface area (Å²) in [7, 11) is 0. The number of hydrogen-bond acceptors (Lipinski definition) is 5. The number of carbonyl (C=O) groups excluding carboxylic acids is 1. The number of aliphatic hydroxyl groups excluding tert-OH is 1. The first-order valence-electron chi connectivity index (χ1n) is 5.99. The van der Waals surface area contributed by atoms with Crippen LogP contribution in [0, 0.1) is 10.1 Å². The second kappa shape index (κ2) is 4.61. The molecule has 0 aliphatic carbocycles. The van der Waals surface area contributed by atoms with Crippen molar-refractivity contribution in [2.75, 3.05) is 13.1 Å². The van der Waals surface area contributed by atoms with Crippen LogP contribution in [0.5, 0.6) is 0 Å². The summed E-state index contributed by atoms with van der Waals surface area (Å²) in [6.07, 6.45) is 2.42. The molecule has 1 saturated heterocycles. The van der Waals surface area contributed by atoms with Crippen molar-refractivity contribution in [3.8, 4) is 0 Å². The van der Waals surface area contributed by atoms with Crippen molar-refractivity contribution in [2.45, 2.75) is 31.9 Å². The number of nitrogens with zero attached hydrogens (tertiary/aromatic N) is 4. The predicted molar refractivity (Wildman–Crippen MR) is 65.4 cm³/mol. The lowest BCUT2D eigenvalue weighted by Gasteiger charge is -2.29. The second-order valence-electron chi connectivity index (χ2n) is 5.15. The number of hydrogen-bond donors (Lipinski definition) is 1. The fourth-order valence-corrected chi connectivity index (χ4v) is 2.12. The van der Waals surface area contributed by atoms with Gasteiger partial charge in [0.05, 0.1) is 11.0 Å². The van der Waals surface area contributed by atoms with Crippen LogP contribution in [0.3, 0.4) is 0 Å². The van der Waals surface area contributed by atoms with Crippen LogP contribution in [0.15, 0.2) is 12.4 Å². The molecule has 0 bridgehead atoms. The van der Waals surface area contributed by atoms with Gasteiger partial charge in [0, 0.05) is 13.1 Å². The molecule has 1 aromatic heterocycles. The van der Waals surface area contributed by atoms with Gasteiger partial charge in [-0.2, -0.15) is 5.10 Å². The number of aromatic nitrogens is 2. The summed E-state index contributed by atoms with van der Waals surface area (Å²) in [5.74, 6) is -0.206. The summed E-state index contributed by atoms with van der Waals surface area (Å²) in [6, 6.07) is 0. The van der Waals surface area contributed by atoms with Crippen LogP contribution < -0.4 is 0 Å². The Labute approximate surface area is 109 Å². The minimum absolute atomic E-state index is 0.151. The molecule has 8 heteroatoms. The molecule has 19 heavy (non-hydrogen) atoms.